The Bertz CT molecular complexity index is 228. The minimum atomic E-state index is -4.36. The summed E-state index contributed by atoms with van der Waals surface area (Å²) in [7, 11) is -2.69. The number of rotatable bonds is 8. The molecule has 0 heterocycles. The number of halogens is 7. The van der Waals surface area contributed by atoms with Gasteiger partial charge in [-0.1, -0.05) is 0 Å². The van der Waals surface area contributed by atoms with E-state index in [0.717, 1.165) is 0 Å². The van der Waals surface area contributed by atoms with Crippen LogP contribution in [0, 0.1) is 0 Å². The monoisotopic (exact) mass is 316 g/mol. The number of hydrogen-bond acceptors (Lipinski definition) is 0. The first-order valence-corrected chi connectivity index (χ1v) is 9.06. The zero-order valence-electron chi connectivity index (χ0n) is 10.8. The normalized spacial score (nSPS) is 14.7. The first-order chi connectivity index (χ1) is 8.54. The van der Waals surface area contributed by atoms with E-state index in [1.165, 1.54) is 0 Å². The molecule has 0 saturated carbocycles. The van der Waals surface area contributed by atoms with E-state index >= 15 is 0 Å². The average molecular weight is 316 g/mol. The van der Waals surface area contributed by atoms with E-state index in [1.807, 2.05) is 0 Å². The van der Waals surface area contributed by atoms with Gasteiger partial charge in [0, 0.05) is 0 Å². The van der Waals surface area contributed by atoms with Crippen molar-refractivity contribution in [3.8, 4) is 0 Å². The molecule has 0 N–H and O–H groups in total. The molecule has 0 fully saturated rings. The average Bonchev–Trinajstić information content (AvgIpc) is 2.26. The maximum absolute atomic E-state index is 12.2. The topological polar surface area (TPSA) is 0 Å². The van der Waals surface area contributed by atoms with Gasteiger partial charge in [0.15, 0.2) is 0 Å². The first kappa shape index (κ1) is 18.9. The molecule has 0 aromatic rings. The molecule has 0 spiro atoms. The van der Waals surface area contributed by atoms with Crippen LogP contribution >= 0.6 is 7.26 Å². The van der Waals surface area contributed by atoms with Crippen LogP contribution < -0.4 is 0 Å². The Kier molecular flexibility index (Phi) is 7.63. The second kappa shape index (κ2) is 7.65. The third kappa shape index (κ3) is 9.47. The summed E-state index contributed by atoms with van der Waals surface area (Å²) in [6, 6.07) is 0. The molecular weight excluding hydrogens is 296 g/mol. The van der Waals surface area contributed by atoms with Crippen molar-refractivity contribution in [3.05, 3.63) is 0 Å². The molecule has 0 aromatic heterocycles. The van der Waals surface area contributed by atoms with Gasteiger partial charge in [0.1, 0.15) is 0 Å². The van der Waals surface area contributed by atoms with Crippen LogP contribution in [0.2, 0.25) is 0 Å². The maximum atomic E-state index is 12.2. The fraction of sp³-hybridized carbons (Fsp3) is 1.00. The molecule has 0 unspecified atom stereocenters. The Labute approximate surface area is 109 Å². The Morgan fingerprint density at radius 2 is 1.21 bits per heavy atom. The third-order valence-corrected chi connectivity index (χ3v) is 9.00. The first-order valence-electron chi connectivity index (χ1n) is 6.23. The number of alkyl halides is 7. The van der Waals surface area contributed by atoms with Gasteiger partial charge in [-0.05, 0) is 0 Å². The molecule has 0 saturated heterocycles. The Morgan fingerprint density at radius 3 is 1.47 bits per heavy atom. The van der Waals surface area contributed by atoms with Crippen LogP contribution in [0.3, 0.4) is 0 Å². The molecule has 0 bridgehead atoms. The van der Waals surface area contributed by atoms with Crippen molar-refractivity contribution in [2.75, 3.05) is 31.3 Å². The summed E-state index contributed by atoms with van der Waals surface area (Å²) in [6.07, 6.45) is -10.7. The zero-order valence-corrected chi connectivity index (χ0v) is 11.8. The quantitative estimate of drug-likeness (QED) is 0.436. The van der Waals surface area contributed by atoms with Crippen LogP contribution in [0.5, 0.6) is 0 Å². The predicted molar refractivity (Wildman–Crippen MR) is 65.4 cm³/mol. The van der Waals surface area contributed by atoms with Crippen LogP contribution in [0.25, 0.3) is 0 Å². The molecular formula is C11H20F7P. The Morgan fingerprint density at radius 1 is 0.789 bits per heavy atom. The summed E-state index contributed by atoms with van der Waals surface area (Å²) in [5.74, 6) is 0. The van der Waals surface area contributed by atoms with E-state index in [-0.39, 0.29) is 24.9 Å². The molecule has 0 nitrogen and oxygen atoms in total. The van der Waals surface area contributed by atoms with Gasteiger partial charge in [0.05, 0.1) is 0 Å². The summed E-state index contributed by atoms with van der Waals surface area (Å²) < 4.78 is 85.7. The van der Waals surface area contributed by atoms with E-state index in [0.29, 0.717) is 6.16 Å². The van der Waals surface area contributed by atoms with Crippen LogP contribution in [-0.2, 0) is 0 Å². The van der Waals surface area contributed by atoms with E-state index in [4.69, 9.17) is 0 Å². The molecule has 19 heavy (non-hydrogen) atoms. The molecule has 0 aliphatic heterocycles. The second-order valence-electron chi connectivity index (χ2n) is 4.88. The van der Waals surface area contributed by atoms with Crippen molar-refractivity contribution in [3.63, 3.8) is 0 Å². The Balaban J connectivity index is 4.67. The van der Waals surface area contributed by atoms with Gasteiger partial charge in [-0.25, -0.2) is 0 Å². The Hall–Kier alpha value is -0.0600. The van der Waals surface area contributed by atoms with Crippen LogP contribution in [0.15, 0.2) is 0 Å². The fourth-order valence-corrected chi connectivity index (χ4v) is 6.48. The van der Waals surface area contributed by atoms with Crippen LogP contribution in [0.1, 0.15) is 26.2 Å². The third-order valence-electron chi connectivity index (χ3n) is 3.47. The van der Waals surface area contributed by atoms with Gasteiger partial charge in [-0.2, -0.15) is 0 Å². The van der Waals surface area contributed by atoms with Crippen molar-refractivity contribution in [2.45, 2.75) is 38.5 Å². The minimum absolute atomic E-state index is 0.0653. The van der Waals surface area contributed by atoms with Gasteiger partial charge in [0.25, 0.3) is 0 Å². The molecule has 0 amide bonds. The summed E-state index contributed by atoms with van der Waals surface area (Å²) in [4.78, 5) is 0. The molecule has 0 aromatic carbocycles. The van der Waals surface area contributed by atoms with Gasteiger partial charge in [-0.15, -0.1) is 0 Å². The van der Waals surface area contributed by atoms with E-state index in [9.17, 15) is 30.7 Å². The molecule has 0 aliphatic carbocycles. The molecule has 118 valence electrons. The van der Waals surface area contributed by atoms with Gasteiger partial charge in [-0.3, -0.25) is 0 Å². The van der Waals surface area contributed by atoms with Crippen molar-refractivity contribution in [1.29, 1.82) is 0 Å². The molecule has 8 heteroatoms. The van der Waals surface area contributed by atoms with Gasteiger partial charge < -0.3 is 0 Å². The number of hydrogen-bond donors (Lipinski definition) is 0. The van der Waals surface area contributed by atoms with Gasteiger partial charge >= 0.3 is 108 Å². The van der Waals surface area contributed by atoms with Gasteiger partial charge in [0.2, 0.25) is 0 Å². The SMILES string of the molecule is CC[PH](CCCF)(CCC(F)(F)F)CCC(F)(F)F. The van der Waals surface area contributed by atoms with Crippen molar-refractivity contribution in [2.24, 2.45) is 0 Å². The van der Waals surface area contributed by atoms with E-state index in [2.05, 4.69) is 0 Å². The van der Waals surface area contributed by atoms with Crippen LogP contribution in [0.4, 0.5) is 30.7 Å². The standard InChI is InChI=1S/C11H20F7P/c1-2-19(7-3-6-12,8-4-10(13,14)15)9-5-11(16,17)18/h19H,2-9H2,1H3. The molecule has 0 rings (SSSR count). The summed E-state index contributed by atoms with van der Waals surface area (Å²) in [5, 5.41) is 0. The molecule has 0 aliphatic rings. The summed E-state index contributed by atoms with van der Waals surface area (Å²) in [6.45, 7) is 0.935. The fourth-order valence-electron chi connectivity index (χ4n) is 2.16. The van der Waals surface area contributed by atoms with Crippen molar-refractivity contribution >= 4 is 7.26 Å². The second-order valence-corrected chi connectivity index (χ2v) is 10.1. The summed E-state index contributed by atoms with van der Waals surface area (Å²) in [5.41, 5.74) is 0. The predicted octanol–water partition coefficient (Wildman–Crippen LogP) is 5.02. The van der Waals surface area contributed by atoms with Crippen molar-refractivity contribution < 1.29 is 30.7 Å². The van der Waals surface area contributed by atoms with E-state index in [1.54, 1.807) is 6.92 Å². The van der Waals surface area contributed by atoms with Crippen LogP contribution in [-0.4, -0.2) is 43.7 Å². The van der Waals surface area contributed by atoms with Crippen molar-refractivity contribution in [1.82, 2.24) is 0 Å². The zero-order chi connectivity index (χ0) is 15.2. The molecule has 0 radical (unpaired) electrons. The molecule has 0 atom stereocenters. The van der Waals surface area contributed by atoms with E-state index < -0.39 is 39.1 Å². The summed E-state index contributed by atoms with van der Waals surface area (Å²) >= 11 is 0.